The molecule has 1 atom stereocenters. The van der Waals surface area contributed by atoms with Crippen molar-refractivity contribution in [2.45, 2.75) is 46.6 Å². The minimum Gasteiger partial charge on any atom is -0.327 e. The maximum atomic E-state index is 12.2. The zero-order valence-corrected chi connectivity index (χ0v) is 14.2. The molecule has 2 rings (SSSR count). The zero-order valence-electron chi connectivity index (χ0n) is 13.4. The van der Waals surface area contributed by atoms with Crippen molar-refractivity contribution in [1.29, 1.82) is 0 Å². The van der Waals surface area contributed by atoms with Gasteiger partial charge in [0.2, 0.25) is 5.91 Å². The molecule has 6 heteroatoms. The maximum Gasteiger partial charge on any atom is 0.240 e. The second-order valence-corrected chi connectivity index (χ2v) is 7.72. The van der Waals surface area contributed by atoms with Gasteiger partial charge in [-0.25, -0.2) is 4.98 Å². The average molecular weight is 310 g/mol. The van der Waals surface area contributed by atoms with Crippen LogP contribution in [0.3, 0.4) is 0 Å². The van der Waals surface area contributed by atoms with Gasteiger partial charge in [-0.3, -0.25) is 9.69 Å². The topological polar surface area (TPSA) is 71.2 Å². The number of amides is 1. The lowest BCUT2D eigenvalue weighted by Crippen LogP contribution is -2.53. The third-order valence-electron chi connectivity index (χ3n) is 4.23. The number of nitrogens with one attached hydrogen (secondary N) is 1. The highest BCUT2D eigenvalue weighted by Crippen LogP contribution is 2.27. The first kappa shape index (κ1) is 16.4. The first-order valence-electron chi connectivity index (χ1n) is 7.56. The smallest absolute Gasteiger partial charge is 0.240 e. The molecule has 0 aromatic carbocycles. The zero-order chi connectivity index (χ0) is 15.6. The van der Waals surface area contributed by atoms with Crippen LogP contribution in [0.2, 0.25) is 0 Å². The van der Waals surface area contributed by atoms with Crippen molar-refractivity contribution in [3.63, 3.8) is 0 Å². The number of carbonyl (C=O) groups excluding carboxylic acids is 1. The number of rotatable bonds is 4. The molecule has 2 heterocycles. The van der Waals surface area contributed by atoms with Gasteiger partial charge in [0.1, 0.15) is 0 Å². The number of nitrogens with two attached hydrogens (primary N) is 1. The van der Waals surface area contributed by atoms with Crippen LogP contribution in [0, 0.1) is 12.3 Å². The summed E-state index contributed by atoms with van der Waals surface area (Å²) in [6.07, 6.45) is 1.84. The molecular weight excluding hydrogens is 284 g/mol. The molecule has 1 aliphatic heterocycles. The predicted molar refractivity (Wildman–Crippen MR) is 87.7 cm³/mol. The Labute approximate surface area is 130 Å². The molecule has 0 radical (unpaired) electrons. The van der Waals surface area contributed by atoms with Crippen molar-refractivity contribution in [3.05, 3.63) is 10.6 Å². The van der Waals surface area contributed by atoms with Crippen molar-refractivity contribution in [1.82, 2.24) is 9.88 Å². The summed E-state index contributed by atoms with van der Waals surface area (Å²) < 4.78 is 0. The Balaban J connectivity index is 1.90. The molecule has 0 spiro atoms. The van der Waals surface area contributed by atoms with Crippen LogP contribution in [-0.2, 0) is 11.2 Å². The van der Waals surface area contributed by atoms with E-state index in [1.54, 1.807) is 11.3 Å². The van der Waals surface area contributed by atoms with Crippen molar-refractivity contribution in [2.24, 2.45) is 11.1 Å². The summed E-state index contributed by atoms with van der Waals surface area (Å²) in [5.74, 6) is 0.0117. The largest absolute Gasteiger partial charge is 0.327 e. The van der Waals surface area contributed by atoms with Gasteiger partial charge < -0.3 is 11.1 Å². The molecule has 5 nitrogen and oxygen atoms in total. The summed E-state index contributed by atoms with van der Waals surface area (Å²) in [4.78, 5) is 20.0. The Morgan fingerprint density at radius 1 is 1.57 bits per heavy atom. The number of hydrogen-bond acceptors (Lipinski definition) is 5. The van der Waals surface area contributed by atoms with Gasteiger partial charge in [-0.05, 0) is 25.2 Å². The first-order valence-corrected chi connectivity index (χ1v) is 8.37. The molecule has 0 aliphatic carbocycles. The van der Waals surface area contributed by atoms with Crippen LogP contribution in [0.25, 0.3) is 0 Å². The molecule has 118 valence electrons. The Bertz CT molecular complexity index is 512. The normalized spacial score (nSPS) is 22.2. The highest BCUT2D eigenvalue weighted by molar-refractivity contribution is 7.15. The fraction of sp³-hybridized carbons (Fsp3) is 0.733. The monoisotopic (exact) mass is 310 g/mol. The van der Waals surface area contributed by atoms with E-state index < -0.39 is 0 Å². The number of thiazole rings is 1. The van der Waals surface area contributed by atoms with Crippen LogP contribution in [0.15, 0.2) is 0 Å². The predicted octanol–water partition coefficient (Wildman–Crippen LogP) is 2.01. The second kappa shape index (κ2) is 6.42. The summed E-state index contributed by atoms with van der Waals surface area (Å²) >= 11 is 1.55. The number of aryl methyl sites for hydroxylation is 2. The van der Waals surface area contributed by atoms with E-state index in [2.05, 4.69) is 36.0 Å². The van der Waals surface area contributed by atoms with Crippen molar-refractivity contribution in [3.8, 4) is 0 Å². The fourth-order valence-corrected chi connectivity index (χ4v) is 3.71. The van der Waals surface area contributed by atoms with E-state index in [1.807, 2.05) is 6.92 Å². The highest BCUT2D eigenvalue weighted by Gasteiger charge is 2.33. The molecule has 1 saturated heterocycles. The summed E-state index contributed by atoms with van der Waals surface area (Å²) in [5, 5.41) is 3.63. The van der Waals surface area contributed by atoms with E-state index in [-0.39, 0.29) is 17.4 Å². The molecule has 1 amide bonds. The molecule has 0 saturated carbocycles. The number of aromatic nitrogens is 1. The molecule has 21 heavy (non-hydrogen) atoms. The Kier molecular flexibility index (Phi) is 5.01. The number of carbonyl (C=O) groups is 1. The Hall–Kier alpha value is -0.980. The third-order valence-corrected chi connectivity index (χ3v) is 5.16. The summed E-state index contributed by atoms with van der Waals surface area (Å²) in [7, 11) is 0. The Morgan fingerprint density at radius 2 is 2.29 bits per heavy atom. The highest BCUT2D eigenvalue weighted by atomic mass is 32.1. The van der Waals surface area contributed by atoms with E-state index in [4.69, 9.17) is 5.73 Å². The SMILES string of the molecule is CCc1nc(NC(=O)CN2CCC(N)C(C)(C)C2)sc1C. The van der Waals surface area contributed by atoms with Gasteiger partial charge in [0, 0.05) is 24.0 Å². The van der Waals surface area contributed by atoms with Gasteiger partial charge in [-0.15, -0.1) is 11.3 Å². The molecular formula is C15H26N4OS. The van der Waals surface area contributed by atoms with E-state index >= 15 is 0 Å². The van der Waals surface area contributed by atoms with Crippen LogP contribution in [-0.4, -0.2) is 41.5 Å². The quantitative estimate of drug-likeness (QED) is 0.892. The van der Waals surface area contributed by atoms with Gasteiger partial charge in [0.15, 0.2) is 5.13 Å². The van der Waals surface area contributed by atoms with Crippen molar-refractivity contribution >= 4 is 22.4 Å². The van der Waals surface area contributed by atoms with Gasteiger partial charge in [-0.1, -0.05) is 20.8 Å². The average Bonchev–Trinajstić information content (AvgIpc) is 2.73. The number of hydrogen-bond donors (Lipinski definition) is 2. The summed E-state index contributed by atoms with van der Waals surface area (Å²) in [5.41, 5.74) is 7.26. The Morgan fingerprint density at radius 3 is 2.86 bits per heavy atom. The maximum absolute atomic E-state index is 12.2. The number of nitrogens with zero attached hydrogens (tertiary/aromatic N) is 2. The summed E-state index contributed by atoms with van der Waals surface area (Å²) in [6, 6.07) is 0.213. The molecule has 3 N–H and O–H groups in total. The molecule has 0 bridgehead atoms. The van der Waals surface area contributed by atoms with Crippen molar-refractivity contribution in [2.75, 3.05) is 25.0 Å². The lowest BCUT2D eigenvalue weighted by molar-refractivity contribution is -0.118. The fourth-order valence-electron chi connectivity index (χ4n) is 2.79. The van der Waals surface area contributed by atoms with Gasteiger partial charge in [0.05, 0.1) is 12.2 Å². The minimum atomic E-state index is 0.0117. The van der Waals surface area contributed by atoms with Gasteiger partial charge >= 0.3 is 0 Å². The van der Waals surface area contributed by atoms with E-state index in [0.717, 1.165) is 31.6 Å². The van der Waals surface area contributed by atoms with E-state index in [0.29, 0.717) is 11.7 Å². The number of piperidine rings is 1. The van der Waals surface area contributed by atoms with Gasteiger partial charge in [-0.2, -0.15) is 0 Å². The van der Waals surface area contributed by atoms with Crippen LogP contribution in [0.1, 0.15) is 37.8 Å². The van der Waals surface area contributed by atoms with Crippen LogP contribution in [0.4, 0.5) is 5.13 Å². The third kappa shape index (κ3) is 4.02. The van der Waals surface area contributed by atoms with Crippen molar-refractivity contribution < 1.29 is 4.79 Å². The number of anilines is 1. The van der Waals surface area contributed by atoms with E-state index in [1.165, 1.54) is 4.88 Å². The lowest BCUT2D eigenvalue weighted by Gasteiger charge is -2.42. The molecule has 1 aromatic rings. The first-order chi connectivity index (χ1) is 9.81. The van der Waals surface area contributed by atoms with Crippen LogP contribution >= 0.6 is 11.3 Å². The molecule has 1 unspecified atom stereocenters. The lowest BCUT2D eigenvalue weighted by atomic mass is 9.80. The molecule has 1 aliphatic rings. The standard InChI is InChI=1S/C15H26N4OS/c1-5-11-10(2)21-14(17-11)18-13(20)8-19-7-6-12(16)15(3,4)9-19/h12H,5-9,16H2,1-4H3,(H,17,18,20). The van der Waals surface area contributed by atoms with Gasteiger partial charge in [0.25, 0.3) is 0 Å². The van der Waals surface area contributed by atoms with Crippen LogP contribution < -0.4 is 11.1 Å². The minimum absolute atomic E-state index is 0.0117. The van der Waals surface area contributed by atoms with Crippen LogP contribution in [0.5, 0.6) is 0 Å². The molecule has 1 aromatic heterocycles. The number of likely N-dealkylation sites (tertiary alicyclic amines) is 1. The molecule has 1 fully saturated rings. The van der Waals surface area contributed by atoms with E-state index in [9.17, 15) is 4.79 Å². The summed E-state index contributed by atoms with van der Waals surface area (Å²) in [6.45, 7) is 10.6. The second-order valence-electron chi connectivity index (χ2n) is 6.52.